The predicted molar refractivity (Wildman–Crippen MR) is 70.8 cm³/mol. The number of carbonyl (C=O) groups is 2. The fraction of sp³-hybridized carbons (Fsp3) is 0.846. The second-order valence-corrected chi connectivity index (χ2v) is 5.18. The van der Waals surface area contributed by atoms with E-state index in [0.717, 1.165) is 25.7 Å². The fourth-order valence-corrected chi connectivity index (χ4v) is 2.48. The van der Waals surface area contributed by atoms with Crippen molar-refractivity contribution in [3.05, 3.63) is 0 Å². The highest BCUT2D eigenvalue weighted by Crippen LogP contribution is 2.26. The number of nitrogens with one attached hydrogen (secondary N) is 2. The summed E-state index contributed by atoms with van der Waals surface area (Å²) in [7, 11) is 0. The standard InChI is InChI=1S/C13H24N2O4/c1-2-9-4-3-5-10(8-9)15-13(19)14-7-6-11(16)12(17)18/h9-11,16H,2-8H2,1H3,(H,17,18)(H2,14,15,19)/t9?,10?,11-/m0/s1. The summed E-state index contributed by atoms with van der Waals surface area (Å²) in [5.41, 5.74) is 0. The molecule has 0 aromatic heterocycles. The smallest absolute Gasteiger partial charge is 0.332 e. The molecular weight excluding hydrogens is 248 g/mol. The van der Waals surface area contributed by atoms with E-state index in [0.29, 0.717) is 5.92 Å². The molecule has 6 nitrogen and oxygen atoms in total. The van der Waals surface area contributed by atoms with Gasteiger partial charge in [0, 0.05) is 19.0 Å². The SMILES string of the molecule is CCC1CCCC(NC(=O)NCC[C@H](O)C(=O)O)C1. The van der Waals surface area contributed by atoms with Crippen LogP contribution < -0.4 is 10.6 Å². The van der Waals surface area contributed by atoms with Gasteiger partial charge in [-0.05, 0) is 18.8 Å². The highest BCUT2D eigenvalue weighted by Gasteiger charge is 2.22. The molecular formula is C13H24N2O4. The van der Waals surface area contributed by atoms with E-state index in [9.17, 15) is 9.59 Å². The van der Waals surface area contributed by atoms with Gasteiger partial charge in [-0.1, -0.05) is 26.2 Å². The molecule has 0 aromatic carbocycles. The van der Waals surface area contributed by atoms with Crippen molar-refractivity contribution in [3.8, 4) is 0 Å². The van der Waals surface area contributed by atoms with Crippen molar-refractivity contribution >= 4 is 12.0 Å². The van der Waals surface area contributed by atoms with Crippen molar-refractivity contribution in [2.45, 2.75) is 57.6 Å². The predicted octanol–water partition coefficient (Wildman–Crippen LogP) is 1.09. The Labute approximate surface area is 113 Å². The van der Waals surface area contributed by atoms with Crippen LogP contribution in [-0.2, 0) is 4.79 Å². The van der Waals surface area contributed by atoms with E-state index in [4.69, 9.17) is 10.2 Å². The molecule has 1 rings (SSSR count). The molecule has 0 aromatic rings. The summed E-state index contributed by atoms with van der Waals surface area (Å²) in [4.78, 5) is 22.0. The highest BCUT2D eigenvalue weighted by atomic mass is 16.4. The third-order valence-electron chi connectivity index (χ3n) is 3.68. The number of urea groups is 1. The van der Waals surface area contributed by atoms with Gasteiger partial charge in [-0.15, -0.1) is 0 Å². The minimum atomic E-state index is -1.42. The Morgan fingerprint density at radius 2 is 2.11 bits per heavy atom. The van der Waals surface area contributed by atoms with Gasteiger partial charge in [-0.2, -0.15) is 0 Å². The van der Waals surface area contributed by atoms with E-state index in [2.05, 4.69) is 17.6 Å². The second-order valence-electron chi connectivity index (χ2n) is 5.18. The summed E-state index contributed by atoms with van der Waals surface area (Å²) in [5.74, 6) is -0.576. The first-order chi connectivity index (χ1) is 9.02. The first-order valence-electron chi connectivity index (χ1n) is 6.98. The van der Waals surface area contributed by atoms with E-state index in [1.807, 2.05) is 0 Å². The summed E-state index contributed by atoms with van der Waals surface area (Å²) < 4.78 is 0. The molecule has 1 aliphatic rings. The normalized spacial score (nSPS) is 24.5. The first-order valence-corrected chi connectivity index (χ1v) is 6.98. The maximum atomic E-state index is 11.6. The summed E-state index contributed by atoms with van der Waals surface area (Å²) >= 11 is 0. The average Bonchev–Trinajstić information content (AvgIpc) is 2.38. The van der Waals surface area contributed by atoms with E-state index in [1.54, 1.807) is 0 Å². The van der Waals surface area contributed by atoms with E-state index in [-0.39, 0.29) is 25.0 Å². The molecule has 19 heavy (non-hydrogen) atoms. The molecule has 110 valence electrons. The molecule has 0 radical (unpaired) electrons. The fourth-order valence-electron chi connectivity index (χ4n) is 2.48. The number of carboxylic acids is 1. The number of hydrogen-bond donors (Lipinski definition) is 4. The van der Waals surface area contributed by atoms with E-state index >= 15 is 0 Å². The maximum absolute atomic E-state index is 11.6. The van der Waals surface area contributed by atoms with Gasteiger partial charge in [0.1, 0.15) is 0 Å². The molecule has 0 heterocycles. The van der Waals surface area contributed by atoms with Crippen LogP contribution >= 0.6 is 0 Å². The third kappa shape index (κ3) is 5.92. The van der Waals surface area contributed by atoms with Gasteiger partial charge in [-0.25, -0.2) is 9.59 Å². The van der Waals surface area contributed by atoms with Gasteiger partial charge >= 0.3 is 12.0 Å². The number of carboxylic acid groups (broad SMARTS) is 1. The molecule has 0 spiro atoms. The molecule has 2 unspecified atom stereocenters. The molecule has 0 saturated heterocycles. The van der Waals surface area contributed by atoms with Crippen molar-refractivity contribution in [2.75, 3.05) is 6.54 Å². The molecule has 0 bridgehead atoms. The first kappa shape index (κ1) is 15.8. The molecule has 1 aliphatic carbocycles. The third-order valence-corrected chi connectivity index (χ3v) is 3.68. The van der Waals surface area contributed by atoms with Gasteiger partial charge in [0.25, 0.3) is 0 Å². The zero-order valence-corrected chi connectivity index (χ0v) is 11.4. The number of carbonyl (C=O) groups excluding carboxylic acids is 1. The van der Waals surface area contributed by atoms with Gasteiger partial charge in [0.2, 0.25) is 0 Å². The van der Waals surface area contributed by atoms with Crippen LogP contribution in [0.2, 0.25) is 0 Å². The summed E-state index contributed by atoms with van der Waals surface area (Å²) in [5, 5.41) is 23.0. The van der Waals surface area contributed by atoms with Crippen molar-refractivity contribution in [2.24, 2.45) is 5.92 Å². The highest BCUT2D eigenvalue weighted by molar-refractivity contribution is 5.74. The van der Waals surface area contributed by atoms with Crippen LogP contribution in [0.4, 0.5) is 4.79 Å². The number of aliphatic carboxylic acids is 1. The Hall–Kier alpha value is -1.30. The summed E-state index contributed by atoms with van der Waals surface area (Å²) in [6.07, 6.45) is 4.14. The minimum absolute atomic E-state index is 0.0189. The Bertz CT molecular complexity index is 309. The monoisotopic (exact) mass is 272 g/mol. The minimum Gasteiger partial charge on any atom is -0.479 e. The molecule has 1 saturated carbocycles. The lowest BCUT2D eigenvalue weighted by Gasteiger charge is -2.29. The summed E-state index contributed by atoms with van der Waals surface area (Å²) in [6.45, 7) is 2.32. The van der Waals surface area contributed by atoms with Crippen LogP contribution in [0, 0.1) is 5.92 Å². The lowest BCUT2D eigenvalue weighted by Crippen LogP contribution is -2.44. The van der Waals surface area contributed by atoms with Gasteiger partial charge in [0.15, 0.2) is 6.10 Å². The number of hydrogen-bond acceptors (Lipinski definition) is 3. The van der Waals surface area contributed by atoms with Gasteiger partial charge in [0.05, 0.1) is 0 Å². The van der Waals surface area contributed by atoms with Crippen molar-refractivity contribution in [1.29, 1.82) is 0 Å². The maximum Gasteiger partial charge on any atom is 0.332 e. The Kier molecular flexibility index (Phi) is 6.62. The zero-order chi connectivity index (χ0) is 14.3. The zero-order valence-electron chi connectivity index (χ0n) is 11.4. The molecule has 6 heteroatoms. The molecule has 0 aliphatic heterocycles. The molecule has 2 amide bonds. The van der Waals surface area contributed by atoms with Crippen LogP contribution in [0.3, 0.4) is 0 Å². The lowest BCUT2D eigenvalue weighted by atomic mass is 9.84. The second kappa shape index (κ2) is 7.99. The van der Waals surface area contributed by atoms with Crippen LogP contribution in [0.15, 0.2) is 0 Å². The average molecular weight is 272 g/mol. The number of aliphatic hydroxyl groups is 1. The Morgan fingerprint density at radius 3 is 2.74 bits per heavy atom. The van der Waals surface area contributed by atoms with E-state index < -0.39 is 12.1 Å². The number of rotatable bonds is 6. The Balaban J connectivity index is 2.18. The van der Waals surface area contributed by atoms with Crippen LogP contribution in [0.25, 0.3) is 0 Å². The Morgan fingerprint density at radius 1 is 1.37 bits per heavy atom. The topological polar surface area (TPSA) is 98.7 Å². The van der Waals surface area contributed by atoms with Crippen LogP contribution in [-0.4, -0.2) is 40.9 Å². The quantitative estimate of drug-likeness (QED) is 0.581. The van der Waals surface area contributed by atoms with Crippen molar-refractivity contribution in [1.82, 2.24) is 10.6 Å². The van der Waals surface area contributed by atoms with Gasteiger partial charge in [-0.3, -0.25) is 0 Å². The van der Waals surface area contributed by atoms with E-state index in [1.165, 1.54) is 6.42 Å². The van der Waals surface area contributed by atoms with Crippen molar-refractivity contribution < 1.29 is 19.8 Å². The largest absolute Gasteiger partial charge is 0.479 e. The summed E-state index contributed by atoms with van der Waals surface area (Å²) in [6, 6.07) is -0.0672. The van der Waals surface area contributed by atoms with Crippen LogP contribution in [0.1, 0.15) is 45.4 Å². The van der Waals surface area contributed by atoms with Gasteiger partial charge < -0.3 is 20.8 Å². The number of amides is 2. The molecule has 4 N–H and O–H groups in total. The molecule has 3 atom stereocenters. The van der Waals surface area contributed by atoms with Crippen molar-refractivity contribution in [3.63, 3.8) is 0 Å². The number of aliphatic hydroxyl groups excluding tert-OH is 1. The van der Waals surface area contributed by atoms with Crippen LogP contribution in [0.5, 0.6) is 0 Å². The lowest BCUT2D eigenvalue weighted by molar-refractivity contribution is -0.146. The molecule has 1 fully saturated rings.